The Morgan fingerprint density at radius 3 is 1.18 bits per heavy atom. The summed E-state index contributed by atoms with van der Waals surface area (Å²) >= 11 is 0. The van der Waals surface area contributed by atoms with E-state index in [1.807, 2.05) is 0 Å². The van der Waals surface area contributed by atoms with Crippen molar-refractivity contribution in [2.45, 2.75) is 152 Å². The molecule has 2 fully saturated rings. The van der Waals surface area contributed by atoms with Crippen LogP contribution in [0, 0.1) is 0 Å². The van der Waals surface area contributed by atoms with Gasteiger partial charge in [0.1, 0.15) is 0 Å². The van der Waals surface area contributed by atoms with E-state index in [0.717, 1.165) is 38.8 Å². The number of ketones is 4. The van der Waals surface area contributed by atoms with Crippen molar-refractivity contribution in [3.05, 3.63) is 59.7 Å². The predicted molar refractivity (Wildman–Crippen MR) is 259 cm³/mol. The third-order valence-electron chi connectivity index (χ3n) is 11.2. The van der Waals surface area contributed by atoms with Crippen molar-refractivity contribution >= 4 is 102 Å². The van der Waals surface area contributed by atoms with Crippen LogP contribution in [0.5, 0.6) is 0 Å². The molecule has 2 aromatic rings. The number of hydroxylamine groups is 4. The standard InChI is InChI=1S/C24H30N2O9S.C20H27NO7S.C4H5NO3/c1-15(36(33,34)24(16(2)27)17(3)28)7-8-18-9-11-19(12-10-18)25-20(29)5-4-6-23(32)35-26-21(30)13-14-22(26)31;1-13(29(27,28)20(14(2)22)15(3)23)7-8-16-9-11-17(12-10-16)21-18(24)5-4-6-19(25)26;6-3-1-2-4(7)5(3)8/h9-12,15,24H,4-8,13-14H2,1-3H3,(H,25,29);9-13,20H,4-8H2,1-3H3,(H,21,24)(H,25,26);8H,1-2H2. The number of carbonyl (C=O) groups is 12. The van der Waals surface area contributed by atoms with E-state index in [-0.39, 0.29) is 93.9 Å². The van der Waals surface area contributed by atoms with E-state index < -0.39 is 99.4 Å². The van der Waals surface area contributed by atoms with Crippen LogP contribution in [0.1, 0.15) is 130 Å². The number of anilines is 2. The molecule has 25 heteroatoms. The fraction of sp³-hybridized carbons (Fsp3) is 0.500. The van der Waals surface area contributed by atoms with Crippen molar-refractivity contribution in [2.24, 2.45) is 0 Å². The number of amides is 6. The Morgan fingerprint density at radius 2 is 0.877 bits per heavy atom. The van der Waals surface area contributed by atoms with E-state index in [4.69, 9.17) is 15.2 Å². The van der Waals surface area contributed by atoms with Gasteiger partial charge >= 0.3 is 11.9 Å². The molecular formula is C48H62N4O19S2. The minimum absolute atomic E-state index is 0.00559. The highest BCUT2D eigenvalue weighted by Gasteiger charge is 2.39. The lowest BCUT2D eigenvalue weighted by atomic mass is 10.1. The van der Waals surface area contributed by atoms with E-state index in [9.17, 15) is 74.4 Å². The summed E-state index contributed by atoms with van der Waals surface area (Å²) in [5.74, 6) is -7.22. The fourth-order valence-electron chi connectivity index (χ4n) is 7.15. The van der Waals surface area contributed by atoms with Gasteiger partial charge in [0.2, 0.25) is 11.8 Å². The number of carboxylic acids is 1. The number of hydrogen-bond donors (Lipinski definition) is 4. The average molecular weight is 1060 g/mol. The maximum atomic E-state index is 12.6. The minimum Gasteiger partial charge on any atom is -0.481 e. The number of imide groups is 2. The van der Waals surface area contributed by atoms with Gasteiger partial charge in [0.25, 0.3) is 23.6 Å². The smallest absolute Gasteiger partial charge is 0.333 e. The maximum Gasteiger partial charge on any atom is 0.333 e. The van der Waals surface area contributed by atoms with Crippen molar-refractivity contribution in [1.82, 2.24) is 10.1 Å². The number of carboxylic acid groups (broad SMARTS) is 1. The highest BCUT2D eigenvalue weighted by atomic mass is 32.2. The number of Topliss-reactive ketones (excluding diaryl/α,β-unsaturated/α-hetero) is 4. The molecule has 0 radical (unpaired) electrons. The van der Waals surface area contributed by atoms with Gasteiger partial charge in [0, 0.05) is 62.7 Å². The fourth-order valence-corrected chi connectivity index (χ4v) is 10.8. The van der Waals surface area contributed by atoms with E-state index in [0.29, 0.717) is 29.3 Å². The van der Waals surface area contributed by atoms with Crippen molar-refractivity contribution < 1.29 is 89.5 Å². The van der Waals surface area contributed by atoms with Gasteiger partial charge in [-0.2, -0.15) is 5.06 Å². The molecule has 0 aromatic heterocycles. The van der Waals surface area contributed by atoms with Crippen LogP contribution >= 0.6 is 0 Å². The van der Waals surface area contributed by atoms with Crippen LogP contribution in [0.2, 0.25) is 0 Å². The molecule has 2 atom stereocenters. The number of nitrogens with zero attached hydrogens (tertiary/aromatic N) is 2. The Bertz CT molecular complexity index is 2570. The van der Waals surface area contributed by atoms with Gasteiger partial charge < -0.3 is 20.6 Å². The van der Waals surface area contributed by atoms with Gasteiger partial charge in [0.15, 0.2) is 53.3 Å². The number of rotatable bonds is 25. The Labute approximate surface area is 422 Å². The van der Waals surface area contributed by atoms with E-state index in [1.54, 1.807) is 48.5 Å². The van der Waals surface area contributed by atoms with Crippen LogP contribution in [-0.2, 0) is 94.9 Å². The van der Waals surface area contributed by atoms with Crippen LogP contribution in [0.25, 0.3) is 0 Å². The minimum atomic E-state index is -3.95. The Balaban J connectivity index is 0.000000440. The molecule has 0 spiro atoms. The summed E-state index contributed by atoms with van der Waals surface area (Å²) in [4.78, 5) is 141. The lowest BCUT2D eigenvalue weighted by molar-refractivity contribution is -0.197. The van der Waals surface area contributed by atoms with Crippen LogP contribution in [0.15, 0.2) is 48.5 Å². The molecule has 2 unspecified atom stereocenters. The molecule has 2 aromatic carbocycles. The predicted octanol–water partition coefficient (Wildman–Crippen LogP) is 3.37. The van der Waals surface area contributed by atoms with Crippen molar-refractivity contribution in [1.29, 1.82) is 0 Å². The molecule has 2 aliphatic heterocycles. The first-order chi connectivity index (χ1) is 34.0. The topological polar surface area (TPSA) is 353 Å². The number of benzene rings is 2. The second-order valence-electron chi connectivity index (χ2n) is 17.3. The van der Waals surface area contributed by atoms with Crippen molar-refractivity contribution in [2.75, 3.05) is 10.6 Å². The van der Waals surface area contributed by atoms with Gasteiger partial charge in [-0.25, -0.2) is 21.6 Å². The second kappa shape index (κ2) is 29.0. The zero-order chi connectivity index (χ0) is 55.4. The summed E-state index contributed by atoms with van der Waals surface area (Å²) in [6.45, 7) is 7.34. The van der Waals surface area contributed by atoms with Gasteiger partial charge in [0.05, 0.1) is 10.5 Å². The molecule has 400 valence electrons. The number of aliphatic carboxylic acids is 1. The molecule has 2 aliphatic rings. The van der Waals surface area contributed by atoms with Crippen molar-refractivity contribution in [3.8, 4) is 0 Å². The first kappa shape index (κ1) is 62.3. The molecule has 73 heavy (non-hydrogen) atoms. The van der Waals surface area contributed by atoms with Gasteiger partial charge in [-0.05, 0) is 115 Å². The first-order valence-electron chi connectivity index (χ1n) is 23.1. The van der Waals surface area contributed by atoms with Crippen LogP contribution in [0.3, 0.4) is 0 Å². The van der Waals surface area contributed by atoms with Crippen LogP contribution in [-0.4, -0.2) is 129 Å². The van der Waals surface area contributed by atoms with E-state index in [2.05, 4.69) is 10.6 Å². The zero-order valence-electron chi connectivity index (χ0n) is 41.4. The largest absolute Gasteiger partial charge is 0.481 e. The molecule has 2 heterocycles. The van der Waals surface area contributed by atoms with E-state index >= 15 is 0 Å². The quantitative estimate of drug-likeness (QED) is 0.0629. The summed E-state index contributed by atoms with van der Waals surface area (Å²) in [6.07, 6.45) is 1.92. The summed E-state index contributed by atoms with van der Waals surface area (Å²) < 4.78 is 50.2. The number of nitrogens with one attached hydrogen (secondary N) is 2. The third kappa shape index (κ3) is 20.3. The highest BCUT2D eigenvalue weighted by Crippen LogP contribution is 2.21. The van der Waals surface area contributed by atoms with Crippen LogP contribution in [0.4, 0.5) is 11.4 Å². The van der Waals surface area contributed by atoms with Crippen molar-refractivity contribution in [3.63, 3.8) is 0 Å². The molecule has 23 nitrogen and oxygen atoms in total. The normalized spacial score (nSPS) is 14.4. The second-order valence-corrected chi connectivity index (χ2v) is 22.2. The summed E-state index contributed by atoms with van der Waals surface area (Å²) in [7, 11) is -7.85. The Morgan fingerprint density at radius 1 is 0.548 bits per heavy atom. The summed E-state index contributed by atoms with van der Waals surface area (Å²) in [6, 6.07) is 13.6. The van der Waals surface area contributed by atoms with Gasteiger partial charge in [-0.1, -0.05) is 24.3 Å². The number of aryl methyl sites for hydroxylation is 2. The molecule has 4 rings (SSSR count). The molecular weight excluding hydrogens is 1000 g/mol. The molecule has 4 N–H and O–H groups in total. The first-order valence-corrected chi connectivity index (χ1v) is 26.3. The number of carbonyl (C=O) groups excluding carboxylic acids is 11. The van der Waals surface area contributed by atoms with E-state index in [1.165, 1.54) is 13.8 Å². The lowest BCUT2D eigenvalue weighted by Crippen LogP contribution is -2.40. The number of sulfone groups is 2. The Kier molecular flexibility index (Phi) is 24.7. The summed E-state index contributed by atoms with van der Waals surface area (Å²) in [5, 5.41) is 18.0. The SMILES string of the molecule is CC(=O)C(C(C)=O)S(=O)(=O)C(C)CCc1ccc(NC(=O)CCCC(=O)O)cc1.CC(=O)C(C(C)=O)S(=O)(=O)C(C)CCc1ccc(NC(=O)CCCC(=O)ON2C(=O)CCC2=O)cc1.O=C1CCC(=O)N1O. The Hall–Kier alpha value is -6.86. The van der Waals surface area contributed by atoms with Gasteiger partial charge in [-0.15, -0.1) is 5.06 Å². The maximum absolute atomic E-state index is 12.6. The average Bonchev–Trinajstić information content (AvgIpc) is 3.77. The van der Waals surface area contributed by atoms with Crippen LogP contribution < -0.4 is 10.6 Å². The third-order valence-corrected chi connectivity index (χ3v) is 16.6. The molecule has 6 amide bonds. The molecule has 2 saturated heterocycles. The highest BCUT2D eigenvalue weighted by molar-refractivity contribution is 7.94. The van der Waals surface area contributed by atoms with Gasteiger partial charge in [-0.3, -0.25) is 57.9 Å². The zero-order valence-corrected chi connectivity index (χ0v) is 43.0. The molecule has 0 saturated carbocycles. The monoisotopic (exact) mass is 1060 g/mol. The lowest BCUT2D eigenvalue weighted by Gasteiger charge is -2.18. The number of hydrogen-bond acceptors (Lipinski definition) is 18. The summed E-state index contributed by atoms with van der Waals surface area (Å²) in [5.41, 5.74) is 2.72. The molecule has 0 aliphatic carbocycles. The molecule has 0 bridgehead atoms.